The molecular formula is C24H23N3O3S. The average Bonchev–Trinajstić information content (AvgIpc) is 2.76. The van der Waals surface area contributed by atoms with Gasteiger partial charge in [-0.15, -0.1) is 0 Å². The Morgan fingerprint density at radius 1 is 0.968 bits per heavy atom. The van der Waals surface area contributed by atoms with E-state index in [1.54, 1.807) is 49.4 Å². The van der Waals surface area contributed by atoms with Gasteiger partial charge >= 0.3 is 0 Å². The van der Waals surface area contributed by atoms with E-state index in [-0.39, 0.29) is 17.0 Å². The largest absolute Gasteiger partial charge is 0.307 e. The van der Waals surface area contributed by atoms with Gasteiger partial charge in [0.1, 0.15) is 5.69 Å². The normalized spacial score (nSPS) is 11.4. The Balaban J connectivity index is 1.70. The fraction of sp³-hybridized carbons (Fsp3) is 0.167. The number of hydrogen-bond acceptors (Lipinski definition) is 4. The Hall–Kier alpha value is -3.63. The van der Waals surface area contributed by atoms with Crippen LogP contribution in [0.3, 0.4) is 0 Å². The second-order valence-corrected chi connectivity index (χ2v) is 8.86. The molecule has 0 amide bonds. The number of nitriles is 1. The van der Waals surface area contributed by atoms with E-state index in [0.29, 0.717) is 24.1 Å². The zero-order chi connectivity index (χ0) is 22.3. The van der Waals surface area contributed by atoms with E-state index in [4.69, 9.17) is 5.26 Å². The van der Waals surface area contributed by atoms with Crippen molar-refractivity contribution in [1.82, 2.24) is 4.57 Å². The number of sulfonamides is 1. The summed E-state index contributed by atoms with van der Waals surface area (Å²) in [4.78, 5) is 12.8. The molecule has 0 unspecified atom stereocenters. The molecule has 31 heavy (non-hydrogen) atoms. The lowest BCUT2D eigenvalue weighted by Crippen LogP contribution is -2.27. The quantitative estimate of drug-likeness (QED) is 0.548. The molecule has 0 spiro atoms. The summed E-state index contributed by atoms with van der Waals surface area (Å²) in [6, 6.07) is 21.4. The summed E-state index contributed by atoms with van der Waals surface area (Å²) in [5.41, 5.74) is 2.69. The molecule has 0 bridgehead atoms. The van der Waals surface area contributed by atoms with Crippen molar-refractivity contribution in [3.63, 3.8) is 0 Å². The second kappa shape index (κ2) is 9.92. The molecule has 2 aromatic carbocycles. The van der Waals surface area contributed by atoms with Crippen LogP contribution in [0.5, 0.6) is 0 Å². The molecule has 0 aliphatic rings. The lowest BCUT2D eigenvalue weighted by atomic mass is 10.1. The van der Waals surface area contributed by atoms with Crippen molar-refractivity contribution >= 4 is 15.7 Å². The molecule has 3 rings (SSSR count). The monoisotopic (exact) mass is 433 g/mol. The molecule has 0 aliphatic carbocycles. The number of nitrogens with one attached hydrogen (secondary N) is 1. The highest BCUT2D eigenvalue weighted by molar-refractivity contribution is 7.91. The SMILES string of the molecule is Cc1ccc(NS(=O)(=O)Cc2ccccc2)c(=O)n1CC=CCc1ccc(C#N)cc1. The van der Waals surface area contributed by atoms with Gasteiger partial charge < -0.3 is 4.57 Å². The number of anilines is 1. The summed E-state index contributed by atoms with van der Waals surface area (Å²) in [5, 5.41) is 8.85. The number of pyridine rings is 1. The summed E-state index contributed by atoms with van der Waals surface area (Å²) in [7, 11) is -3.71. The molecule has 0 radical (unpaired) electrons. The fourth-order valence-electron chi connectivity index (χ4n) is 3.09. The summed E-state index contributed by atoms with van der Waals surface area (Å²) < 4.78 is 28.9. The number of rotatable bonds is 8. The van der Waals surface area contributed by atoms with Crippen LogP contribution in [-0.4, -0.2) is 13.0 Å². The number of nitrogens with zero attached hydrogens (tertiary/aromatic N) is 2. The average molecular weight is 434 g/mol. The highest BCUT2D eigenvalue weighted by atomic mass is 32.2. The van der Waals surface area contributed by atoms with Crippen LogP contribution in [0.1, 0.15) is 22.4 Å². The van der Waals surface area contributed by atoms with Gasteiger partial charge in [0.05, 0.1) is 17.4 Å². The van der Waals surface area contributed by atoms with Gasteiger partial charge in [0, 0.05) is 12.2 Å². The van der Waals surface area contributed by atoms with Crippen LogP contribution in [0.2, 0.25) is 0 Å². The predicted molar refractivity (Wildman–Crippen MR) is 122 cm³/mol. The van der Waals surface area contributed by atoms with Gasteiger partial charge in [-0.2, -0.15) is 5.26 Å². The maximum absolute atomic E-state index is 12.8. The Morgan fingerprint density at radius 3 is 2.35 bits per heavy atom. The molecule has 0 aliphatic heterocycles. The number of hydrogen-bond donors (Lipinski definition) is 1. The summed E-state index contributed by atoms with van der Waals surface area (Å²) in [6.07, 6.45) is 4.48. The standard InChI is InChI=1S/C24H23N3O3S/c1-19-10-15-23(26-31(29,30)18-22-8-3-2-4-9-22)24(28)27(19)16-6-5-7-20-11-13-21(17-25)14-12-20/h2-6,8-15,26H,7,16,18H2,1H3. The van der Waals surface area contributed by atoms with Crippen LogP contribution >= 0.6 is 0 Å². The third-order valence-corrected chi connectivity index (χ3v) is 5.99. The van der Waals surface area contributed by atoms with Crippen LogP contribution in [0.25, 0.3) is 0 Å². The Kier molecular flexibility index (Phi) is 7.06. The van der Waals surface area contributed by atoms with Crippen molar-refractivity contribution in [3.8, 4) is 6.07 Å². The molecule has 0 atom stereocenters. The number of benzene rings is 2. The van der Waals surface area contributed by atoms with Crippen LogP contribution < -0.4 is 10.3 Å². The Labute approximate surface area is 182 Å². The highest BCUT2D eigenvalue weighted by Gasteiger charge is 2.15. The summed E-state index contributed by atoms with van der Waals surface area (Å²) >= 11 is 0. The lowest BCUT2D eigenvalue weighted by molar-refractivity contribution is 0.600. The van der Waals surface area contributed by atoms with Crippen molar-refractivity contribution in [2.45, 2.75) is 25.6 Å². The van der Waals surface area contributed by atoms with E-state index in [1.807, 2.05) is 30.4 Å². The van der Waals surface area contributed by atoms with Gasteiger partial charge in [-0.05, 0) is 48.7 Å². The van der Waals surface area contributed by atoms with Crippen LogP contribution in [0.4, 0.5) is 5.69 Å². The van der Waals surface area contributed by atoms with Crippen molar-refractivity contribution in [3.05, 3.63) is 112 Å². The number of aryl methyl sites for hydroxylation is 1. The Bertz CT molecular complexity index is 1270. The van der Waals surface area contributed by atoms with Gasteiger partial charge in [0.25, 0.3) is 5.56 Å². The zero-order valence-corrected chi connectivity index (χ0v) is 18.0. The van der Waals surface area contributed by atoms with E-state index >= 15 is 0 Å². The lowest BCUT2D eigenvalue weighted by Gasteiger charge is -2.12. The molecule has 3 aromatic rings. The first-order valence-electron chi connectivity index (χ1n) is 9.77. The van der Waals surface area contributed by atoms with Crippen LogP contribution in [0, 0.1) is 18.3 Å². The second-order valence-electron chi connectivity index (χ2n) is 7.14. The minimum Gasteiger partial charge on any atom is -0.307 e. The summed E-state index contributed by atoms with van der Waals surface area (Å²) in [5.74, 6) is -0.203. The smallest absolute Gasteiger partial charge is 0.275 e. The first kappa shape index (κ1) is 22.1. The molecular weight excluding hydrogens is 410 g/mol. The topological polar surface area (TPSA) is 92.0 Å². The van der Waals surface area contributed by atoms with Gasteiger partial charge in [-0.3, -0.25) is 9.52 Å². The van der Waals surface area contributed by atoms with E-state index in [1.165, 1.54) is 10.6 Å². The fourth-order valence-corrected chi connectivity index (χ4v) is 4.28. The van der Waals surface area contributed by atoms with Gasteiger partial charge in [0.2, 0.25) is 10.0 Å². The zero-order valence-electron chi connectivity index (χ0n) is 17.2. The minimum absolute atomic E-state index is 0.0297. The Morgan fingerprint density at radius 2 is 1.68 bits per heavy atom. The molecule has 6 nitrogen and oxygen atoms in total. The predicted octanol–water partition coefficient (Wildman–Crippen LogP) is 3.77. The molecule has 0 saturated heterocycles. The number of aromatic nitrogens is 1. The maximum Gasteiger partial charge on any atom is 0.275 e. The first-order valence-corrected chi connectivity index (χ1v) is 11.4. The van der Waals surface area contributed by atoms with E-state index in [9.17, 15) is 13.2 Å². The third-order valence-electron chi connectivity index (χ3n) is 4.75. The van der Waals surface area contributed by atoms with Gasteiger partial charge in [-0.1, -0.05) is 54.6 Å². The van der Waals surface area contributed by atoms with Crippen molar-refractivity contribution in [1.29, 1.82) is 5.26 Å². The summed E-state index contributed by atoms with van der Waals surface area (Å²) in [6.45, 7) is 2.13. The molecule has 158 valence electrons. The van der Waals surface area contributed by atoms with Crippen molar-refractivity contribution < 1.29 is 8.42 Å². The van der Waals surface area contributed by atoms with Crippen molar-refractivity contribution in [2.75, 3.05) is 4.72 Å². The van der Waals surface area contributed by atoms with Gasteiger partial charge in [0.15, 0.2) is 0 Å². The molecule has 0 fully saturated rings. The molecule has 0 saturated carbocycles. The molecule has 1 aromatic heterocycles. The highest BCUT2D eigenvalue weighted by Crippen LogP contribution is 2.11. The van der Waals surface area contributed by atoms with Crippen LogP contribution in [0.15, 0.2) is 83.7 Å². The van der Waals surface area contributed by atoms with E-state index < -0.39 is 10.0 Å². The van der Waals surface area contributed by atoms with Crippen molar-refractivity contribution in [2.24, 2.45) is 0 Å². The van der Waals surface area contributed by atoms with E-state index in [2.05, 4.69) is 10.8 Å². The molecule has 1 N–H and O–H groups in total. The third kappa shape index (κ3) is 6.17. The maximum atomic E-state index is 12.8. The van der Waals surface area contributed by atoms with E-state index in [0.717, 1.165) is 11.3 Å². The van der Waals surface area contributed by atoms with Gasteiger partial charge in [-0.25, -0.2) is 8.42 Å². The van der Waals surface area contributed by atoms with Crippen LogP contribution in [-0.2, 0) is 28.7 Å². The molecule has 1 heterocycles. The number of allylic oxidation sites excluding steroid dienone is 2. The first-order chi connectivity index (χ1) is 14.9. The molecule has 7 heteroatoms. The minimum atomic E-state index is -3.71.